The lowest BCUT2D eigenvalue weighted by atomic mass is 10.2. The van der Waals surface area contributed by atoms with Crippen molar-refractivity contribution in [3.05, 3.63) is 28.2 Å². The molecule has 2 aliphatic rings. The number of nitrogens with zero attached hydrogens (tertiary/aromatic N) is 2. The van der Waals surface area contributed by atoms with Crippen LogP contribution in [-0.2, 0) is 4.79 Å². The zero-order chi connectivity index (χ0) is 14.7. The summed E-state index contributed by atoms with van der Waals surface area (Å²) in [7, 11) is 0. The summed E-state index contributed by atoms with van der Waals surface area (Å²) in [6, 6.07) is 4.00. The zero-order valence-corrected chi connectivity index (χ0v) is 13.2. The molecular formula is C13H12Cl2N2O2S. The molecule has 1 aromatic rings. The summed E-state index contributed by atoms with van der Waals surface area (Å²) in [4.78, 5) is 27.5. The number of benzene rings is 1. The van der Waals surface area contributed by atoms with Crippen molar-refractivity contribution in [1.82, 2.24) is 4.90 Å². The predicted molar refractivity (Wildman–Crippen MR) is 81.5 cm³/mol. The minimum absolute atomic E-state index is 0.216. The van der Waals surface area contributed by atoms with Crippen molar-refractivity contribution in [2.24, 2.45) is 0 Å². The zero-order valence-electron chi connectivity index (χ0n) is 10.9. The fourth-order valence-corrected chi connectivity index (χ4v) is 4.32. The molecule has 0 aromatic heterocycles. The molecule has 3 amide bonds. The third-order valence-electron chi connectivity index (χ3n) is 3.49. The first-order chi connectivity index (χ1) is 9.31. The topological polar surface area (TPSA) is 40.6 Å². The Morgan fingerprint density at radius 1 is 1.20 bits per heavy atom. The van der Waals surface area contributed by atoms with Crippen LogP contribution in [0.5, 0.6) is 0 Å². The Kier molecular flexibility index (Phi) is 3.19. The standard InChI is InChI=1S/C13H12Cl2N2O2S/c1-13(2)17-10(6-20-13)11(18)16(12(17)19)9-4-7(14)3-8(15)5-9/h3-5,10H,6H2,1-2H3. The second kappa shape index (κ2) is 4.55. The first-order valence-corrected chi connectivity index (χ1v) is 7.83. The molecule has 0 bridgehead atoms. The van der Waals surface area contributed by atoms with Gasteiger partial charge >= 0.3 is 6.03 Å². The molecule has 2 heterocycles. The Labute approximate surface area is 131 Å². The van der Waals surface area contributed by atoms with E-state index >= 15 is 0 Å². The maximum Gasteiger partial charge on any atom is 0.333 e. The van der Waals surface area contributed by atoms with E-state index in [-0.39, 0.29) is 16.8 Å². The lowest BCUT2D eigenvalue weighted by Gasteiger charge is -2.29. The summed E-state index contributed by atoms with van der Waals surface area (Å²) in [5.41, 5.74) is 0.424. The van der Waals surface area contributed by atoms with E-state index in [9.17, 15) is 9.59 Å². The smallest absolute Gasteiger partial charge is 0.297 e. The molecule has 1 unspecified atom stereocenters. The predicted octanol–water partition coefficient (Wildman–Crippen LogP) is 3.61. The monoisotopic (exact) mass is 330 g/mol. The summed E-state index contributed by atoms with van der Waals surface area (Å²) >= 11 is 13.5. The average molecular weight is 331 g/mol. The van der Waals surface area contributed by atoms with E-state index in [1.165, 1.54) is 4.90 Å². The number of imide groups is 1. The molecule has 1 aromatic carbocycles. The second-order valence-corrected chi connectivity index (χ2v) is 7.72. The van der Waals surface area contributed by atoms with Crippen molar-refractivity contribution >= 4 is 52.6 Å². The SMILES string of the molecule is CC1(C)SCC2C(=O)N(c3cc(Cl)cc(Cl)c3)C(=O)N21. The number of rotatable bonds is 1. The van der Waals surface area contributed by atoms with Crippen LogP contribution >= 0.6 is 35.0 Å². The summed E-state index contributed by atoms with van der Waals surface area (Å²) in [6.45, 7) is 3.88. The Morgan fingerprint density at radius 3 is 2.35 bits per heavy atom. The van der Waals surface area contributed by atoms with Crippen molar-refractivity contribution in [2.45, 2.75) is 24.8 Å². The molecule has 2 aliphatic heterocycles. The van der Waals surface area contributed by atoms with Gasteiger partial charge in [-0.25, -0.2) is 9.69 Å². The lowest BCUT2D eigenvalue weighted by Crippen LogP contribution is -2.43. The van der Waals surface area contributed by atoms with Crippen molar-refractivity contribution in [3.8, 4) is 0 Å². The third-order valence-corrected chi connectivity index (χ3v) is 5.32. The number of anilines is 1. The Hall–Kier alpha value is -0.910. The highest BCUT2D eigenvalue weighted by molar-refractivity contribution is 8.00. The van der Waals surface area contributed by atoms with Gasteiger partial charge < -0.3 is 0 Å². The number of carbonyl (C=O) groups is 2. The number of urea groups is 1. The highest BCUT2D eigenvalue weighted by Crippen LogP contribution is 2.44. The van der Waals surface area contributed by atoms with Gasteiger partial charge in [0.2, 0.25) is 0 Å². The molecule has 106 valence electrons. The highest BCUT2D eigenvalue weighted by atomic mass is 35.5. The van der Waals surface area contributed by atoms with Crippen LogP contribution in [0.2, 0.25) is 10.0 Å². The summed E-state index contributed by atoms with van der Waals surface area (Å²) in [5.74, 6) is 0.397. The Balaban J connectivity index is 2.04. The molecule has 20 heavy (non-hydrogen) atoms. The van der Waals surface area contributed by atoms with Gasteiger partial charge in [0.1, 0.15) is 6.04 Å². The van der Waals surface area contributed by atoms with Crippen molar-refractivity contribution in [2.75, 3.05) is 10.7 Å². The Morgan fingerprint density at radius 2 is 1.80 bits per heavy atom. The van der Waals surface area contributed by atoms with Crippen molar-refractivity contribution in [3.63, 3.8) is 0 Å². The van der Waals surface area contributed by atoms with Gasteiger partial charge in [-0.2, -0.15) is 0 Å². The molecule has 0 radical (unpaired) electrons. The first kappa shape index (κ1) is 14.0. The van der Waals surface area contributed by atoms with Gasteiger partial charge in [0, 0.05) is 15.8 Å². The largest absolute Gasteiger partial charge is 0.333 e. The molecule has 0 saturated carbocycles. The van der Waals surface area contributed by atoms with Crippen molar-refractivity contribution < 1.29 is 9.59 Å². The minimum Gasteiger partial charge on any atom is -0.297 e. The first-order valence-electron chi connectivity index (χ1n) is 6.08. The van der Waals surface area contributed by atoms with Gasteiger partial charge in [0.25, 0.3) is 5.91 Å². The van der Waals surface area contributed by atoms with Gasteiger partial charge in [-0.3, -0.25) is 9.69 Å². The molecule has 4 nitrogen and oxygen atoms in total. The molecular weight excluding hydrogens is 319 g/mol. The second-order valence-electron chi connectivity index (χ2n) is 5.23. The van der Waals surface area contributed by atoms with E-state index in [0.717, 1.165) is 0 Å². The summed E-state index contributed by atoms with van der Waals surface area (Å²) in [5, 5.41) is 0.794. The molecule has 2 saturated heterocycles. The van der Waals surface area contributed by atoms with E-state index < -0.39 is 6.04 Å². The van der Waals surface area contributed by atoms with Gasteiger partial charge in [-0.15, -0.1) is 11.8 Å². The lowest BCUT2D eigenvalue weighted by molar-refractivity contribution is -0.119. The van der Waals surface area contributed by atoms with Crippen molar-refractivity contribution in [1.29, 1.82) is 0 Å². The molecule has 1 atom stereocenters. The van der Waals surface area contributed by atoms with Crippen LogP contribution < -0.4 is 4.90 Å². The van der Waals surface area contributed by atoms with Crippen LogP contribution in [0, 0.1) is 0 Å². The van der Waals surface area contributed by atoms with Gasteiger partial charge in [0.05, 0.1) is 10.6 Å². The van der Waals surface area contributed by atoms with Gasteiger partial charge in [-0.05, 0) is 32.0 Å². The summed E-state index contributed by atoms with van der Waals surface area (Å²) < 4.78 is 0. The molecule has 0 aliphatic carbocycles. The fraction of sp³-hybridized carbons (Fsp3) is 0.385. The molecule has 3 rings (SSSR count). The van der Waals surface area contributed by atoms with E-state index in [0.29, 0.717) is 21.5 Å². The number of hydrogen-bond donors (Lipinski definition) is 0. The number of halogens is 2. The van der Waals surface area contributed by atoms with Gasteiger partial charge in [-0.1, -0.05) is 23.2 Å². The number of fused-ring (bicyclic) bond motifs is 1. The van der Waals surface area contributed by atoms with Gasteiger partial charge in [0.15, 0.2) is 0 Å². The average Bonchev–Trinajstić information content (AvgIpc) is 2.76. The van der Waals surface area contributed by atoms with E-state index in [4.69, 9.17) is 23.2 Å². The van der Waals surface area contributed by atoms with Crippen LogP contribution in [0.1, 0.15) is 13.8 Å². The quantitative estimate of drug-likeness (QED) is 0.738. The number of thioether (sulfide) groups is 1. The molecule has 0 spiro atoms. The maximum absolute atomic E-state index is 12.6. The molecule has 7 heteroatoms. The van der Waals surface area contributed by atoms with Crippen LogP contribution in [0.3, 0.4) is 0 Å². The van der Waals surface area contributed by atoms with E-state index in [1.807, 2.05) is 13.8 Å². The normalized spacial score (nSPS) is 24.5. The molecule has 0 N–H and O–H groups in total. The van der Waals surface area contributed by atoms with E-state index in [1.54, 1.807) is 34.9 Å². The number of hydrogen-bond acceptors (Lipinski definition) is 3. The highest BCUT2D eigenvalue weighted by Gasteiger charge is 2.56. The third kappa shape index (κ3) is 2.00. The van der Waals surface area contributed by atoms with Crippen LogP contribution in [0.4, 0.5) is 10.5 Å². The maximum atomic E-state index is 12.6. The number of carbonyl (C=O) groups excluding carboxylic acids is 2. The van der Waals surface area contributed by atoms with Crippen LogP contribution in [0.15, 0.2) is 18.2 Å². The summed E-state index contributed by atoms with van der Waals surface area (Å²) in [6.07, 6.45) is 0. The van der Waals surface area contributed by atoms with Crippen LogP contribution in [-0.4, -0.2) is 33.5 Å². The number of amides is 3. The van der Waals surface area contributed by atoms with E-state index in [2.05, 4.69) is 0 Å². The fourth-order valence-electron chi connectivity index (χ4n) is 2.60. The molecule has 2 fully saturated rings. The minimum atomic E-state index is -0.403. The van der Waals surface area contributed by atoms with Crippen LogP contribution in [0.25, 0.3) is 0 Å². The Bertz CT molecular complexity index is 600.